The molecule has 0 bridgehead atoms. The first-order chi connectivity index (χ1) is 4.95. The Labute approximate surface area is 67.9 Å². The third kappa shape index (κ3) is 3.55. The van der Waals surface area contributed by atoms with Gasteiger partial charge in [-0.15, -0.1) is 0 Å². The smallest absolute Gasteiger partial charge is 0.0519 e. The highest BCUT2D eigenvalue weighted by Crippen LogP contribution is 2.04. The molecule has 0 rings (SSSR count). The predicted molar refractivity (Wildman–Crippen MR) is 48.2 cm³/mol. The van der Waals surface area contributed by atoms with Gasteiger partial charge in [0.05, 0.1) is 5.70 Å². The van der Waals surface area contributed by atoms with E-state index in [9.17, 15) is 0 Å². The van der Waals surface area contributed by atoms with Crippen molar-refractivity contribution in [3.63, 3.8) is 0 Å². The second-order valence-electron chi connectivity index (χ2n) is 2.94. The predicted octanol–water partition coefficient (Wildman–Crippen LogP) is 0.634. The summed E-state index contributed by atoms with van der Waals surface area (Å²) in [4.78, 5) is 0. The van der Waals surface area contributed by atoms with Gasteiger partial charge in [0, 0.05) is 11.4 Å². The van der Waals surface area contributed by atoms with Crippen LogP contribution in [0, 0.1) is 5.92 Å². The summed E-state index contributed by atoms with van der Waals surface area (Å²) in [5.41, 5.74) is 18.6. The Kier molecular flexibility index (Phi) is 3.51. The maximum atomic E-state index is 5.65. The summed E-state index contributed by atoms with van der Waals surface area (Å²) in [6, 6.07) is 0. The Balaban J connectivity index is 4.44. The van der Waals surface area contributed by atoms with E-state index in [0.717, 1.165) is 5.70 Å². The molecule has 0 atom stereocenters. The highest BCUT2D eigenvalue weighted by molar-refractivity contribution is 5.23. The highest BCUT2D eigenvalue weighted by Gasteiger charge is 1.97. The Morgan fingerprint density at radius 2 is 1.64 bits per heavy atom. The molecule has 0 fully saturated rings. The van der Waals surface area contributed by atoms with Crippen molar-refractivity contribution in [1.82, 2.24) is 0 Å². The molecule has 0 saturated heterocycles. The third-order valence-electron chi connectivity index (χ3n) is 1.44. The fourth-order valence-electron chi connectivity index (χ4n) is 0.460. The Morgan fingerprint density at radius 3 is 1.91 bits per heavy atom. The van der Waals surface area contributed by atoms with Gasteiger partial charge in [0.25, 0.3) is 0 Å². The van der Waals surface area contributed by atoms with Crippen LogP contribution in [-0.4, -0.2) is 0 Å². The summed E-state index contributed by atoms with van der Waals surface area (Å²) in [5.74, 6) is 0.313. The second kappa shape index (κ2) is 3.91. The minimum Gasteiger partial charge on any atom is -0.402 e. The maximum Gasteiger partial charge on any atom is 0.0519 e. The van der Waals surface area contributed by atoms with Crippen LogP contribution < -0.4 is 17.2 Å². The summed E-state index contributed by atoms with van der Waals surface area (Å²) in [7, 11) is 0. The van der Waals surface area contributed by atoms with Gasteiger partial charge in [0.1, 0.15) is 0 Å². The number of hydrogen-bond acceptors (Lipinski definition) is 3. The lowest BCUT2D eigenvalue weighted by Gasteiger charge is -2.05. The normalized spacial score (nSPS) is 15.1. The molecule has 11 heavy (non-hydrogen) atoms. The van der Waals surface area contributed by atoms with Crippen molar-refractivity contribution in [3.8, 4) is 0 Å². The molecule has 64 valence electrons. The molecule has 0 unspecified atom stereocenters. The quantitative estimate of drug-likeness (QED) is 0.512. The van der Waals surface area contributed by atoms with E-state index >= 15 is 0 Å². The van der Waals surface area contributed by atoms with Crippen LogP contribution in [0.3, 0.4) is 0 Å². The molecule has 3 nitrogen and oxygen atoms in total. The standard InChI is InChI=1S/C8H17N3/c1-5(2)7(10)4-8(11)6(3)9/h4-5H,9-11H2,1-3H3/b7-4-,8-6-. The molecule has 0 aromatic carbocycles. The van der Waals surface area contributed by atoms with E-state index in [-0.39, 0.29) is 0 Å². The van der Waals surface area contributed by atoms with Gasteiger partial charge in [-0.25, -0.2) is 0 Å². The summed E-state index contributed by atoms with van der Waals surface area (Å²) < 4.78 is 0. The Bertz CT molecular complexity index is 186. The highest BCUT2D eigenvalue weighted by atomic mass is 14.7. The average molecular weight is 155 g/mol. The summed E-state index contributed by atoms with van der Waals surface area (Å²) in [6.07, 6.45) is 1.71. The largest absolute Gasteiger partial charge is 0.402 e. The van der Waals surface area contributed by atoms with Crippen molar-refractivity contribution < 1.29 is 0 Å². The first-order valence-corrected chi connectivity index (χ1v) is 3.64. The van der Waals surface area contributed by atoms with Gasteiger partial charge in [-0.2, -0.15) is 0 Å². The molecule has 0 spiro atoms. The van der Waals surface area contributed by atoms with Crippen molar-refractivity contribution in [3.05, 3.63) is 23.2 Å². The minimum absolute atomic E-state index is 0.313. The zero-order valence-electron chi connectivity index (χ0n) is 7.39. The molecule has 0 saturated carbocycles. The minimum atomic E-state index is 0.313. The topological polar surface area (TPSA) is 78.1 Å². The molecule has 0 aromatic rings. The first kappa shape index (κ1) is 9.88. The van der Waals surface area contributed by atoms with E-state index in [1.165, 1.54) is 0 Å². The number of rotatable bonds is 2. The molecule has 3 heteroatoms. The van der Waals surface area contributed by atoms with Gasteiger partial charge >= 0.3 is 0 Å². The van der Waals surface area contributed by atoms with Crippen LogP contribution in [0.4, 0.5) is 0 Å². The number of nitrogens with two attached hydrogens (primary N) is 3. The SMILES string of the molecule is C/C(N)=C(N)\C=C(/N)C(C)C. The van der Waals surface area contributed by atoms with Crippen molar-refractivity contribution in [2.45, 2.75) is 20.8 Å². The maximum absolute atomic E-state index is 5.65. The van der Waals surface area contributed by atoms with E-state index in [0.29, 0.717) is 17.3 Å². The second-order valence-corrected chi connectivity index (χ2v) is 2.94. The lowest BCUT2D eigenvalue weighted by atomic mass is 10.1. The number of hydrogen-bond donors (Lipinski definition) is 3. The summed E-state index contributed by atoms with van der Waals surface area (Å²) >= 11 is 0. The van der Waals surface area contributed by atoms with Crippen LogP contribution in [0.15, 0.2) is 23.2 Å². The van der Waals surface area contributed by atoms with Gasteiger partial charge < -0.3 is 17.2 Å². The van der Waals surface area contributed by atoms with Gasteiger partial charge in [-0.05, 0) is 18.9 Å². The van der Waals surface area contributed by atoms with E-state index < -0.39 is 0 Å². The molecular weight excluding hydrogens is 138 g/mol. The van der Waals surface area contributed by atoms with Crippen LogP contribution in [0.1, 0.15) is 20.8 Å². The van der Waals surface area contributed by atoms with Crippen LogP contribution >= 0.6 is 0 Å². The average Bonchev–Trinajstić information content (AvgIpc) is 1.87. The lowest BCUT2D eigenvalue weighted by Crippen LogP contribution is -2.10. The fraction of sp³-hybridized carbons (Fsp3) is 0.500. The van der Waals surface area contributed by atoms with Gasteiger partial charge in [-0.1, -0.05) is 13.8 Å². The zero-order chi connectivity index (χ0) is 9.02. The monoisotopic (exact) mass is 155 g/mol. The molecule has 6 N–H and O–H groups in total. The van der Waals surface area contributed by atoms with Crippen LogP contribution in [0.2, 0.25) is 0 Å². The van der Waals surface area contributed by atoms with Crippen molar-refractivity contribution in [2.24, 2.45) is 23.1 Å². The first-order valence-electron chi connectivity index (χ1n) is 3.64. The molecular formula is C8H17N3. The van der Waals surface area contributed by atoms with Gasteiger partial charge in [-0.3, -0.25) is 0 Å². The lowest BCUT2D eigenvalue weighted by molar-refractivity contribution is 0.755. The van der Waals surface area contributed by atoms with Gasteiger partial charge in [0.15, 0.2) is 0 Å². The zero-order valence-corrected chi connectivity index (χ0v) is 7.39. The van der Waals surface area contributed by atoms with Crippen molar-refractivity contribution >= 4 is 0 Å². The molecule has 0 aliphatic rings. The molecule has 0 amide bonds. The molecule has 0 aliphatic carbocycles. The Hall–Kier alpha value is -1.12. The fourth-order valence-corrected chi connectivity index (χ4v) is 0.460. The molecule has 0 aromatic heterocycles. The summed E-state index contributed by atoms with van der Waals surface area (Å²) in [5, 5.41) is 0. The third-order valence-corrected chi connectivity index (χ3v) is 1.44. The van der Waals surface area contributed by atoms with Crippen molar-refractivity contribution in [2.75, 3.05) is 0 Å². The molecule has 0 aliphatic heterocycles. The van der Waals surface area contributed by atoms with Crippen LogP contribution in [0.5, 0.6) is 0 Å². The van der Waals surface area contributed by atoms with E-state index in [1.54, 1.807) is 13.0 Å². The molecule has 0 radical (unpaired) electrons. The Morgan fingerprint density at radius 1 is 1.18 bits per heavy atom. The van der Waals surface area contributed by atoms with Crippen LogP contribution in [0.25, 0.3) is 0 Å². The summed E-state index contributed by atoms with van der Waals surface area (Å²) in [6.45, 7) is 5.76. The van der Waals surface area contributed by atoms with Crippen LogP contribution in [-0.2, 0) is 0 Å². The number of allylic oxidation sites excluding steroid dienone is 3. The van der Waals surface area contributed by atoms with E-state index in [2.05, 4.69) is 0 Å². The van der Waals surface area contributed by atoms with E-state index in [4.69, 9.17) is 17.2 Å². The molecule has 0 heterocycles. The van der Waals surface area contributed by atoms with Gasteiger partial charge in [0.2, 0.25) is 0 Å². The van der Waals surface area contributed by atoms with E-state index in [1.807, 2.05) is 13.8 Å². The van der Waals surface area contributed by atoms with Crippen molar-refractivity contribution in [1.29, 1.82) is 0 Å².